The van der Waals surface area contributed by atoms with Crippen LogP contribution in [0.5, 0.6) is 5.75 Å². The predicted molar refractivity (Wildman–Crippen MR) is 88.2 cm³/mol. The van der Waals surface area contributed by atoms with Gasteiger partial charge in [0.15, 0.2) is 0 Å². The van der Waals surface area contributed by atoms with Gasteiger partial charge in [-0.1, -0.05) is 30.3 Å². The van der Waals surface area contributed by atoms with Crippen LogP contribution >= 0.6 is 34.2 Å². The zero-order valence-electron chi connectivity index (χ0n) is 10.5. The Morgan fingerprint density at radius 1 is 1.25 bits per heavy atom. The number of rotatable bonds is 4. The van der Waals surface area contributed by atoms with Gasteiger partial charge < -0.3 is 10.4 Å². The van der Waals surface area contributed by atoms with E-state index in [0.717, 1.165) is 5.56 Å². The number of carbonyl (C=O) groups excluding carboxylic acids is 1. The van der Waals surface area contributed by atoms with Gasteiger partial charge in [0.05, 0.1) is 9.61 Å². The smallest absolute Gasteiger partial charge is 0.251 e. The minimum absolute atomic E-state index is 0.0976. The average molecular weight is 402 g/mol. The highest BCUT2D eigenvalue weighted by molar-refractivity contribution is 14.1. The van der Waals surface area contributed by atoms with Crippen molar-refractivity contribution in [2.75, 3.05) is 5.88 Å². The van der Waals surface area contributed by atoms with Crippen molar-refractivity contribution in [3.63, 3.8) is 0 Å². The van der Waals surface area contributed by atoms with Crippen LogP contribution in [0.2, 0.25) is 0 Å². The van der Waals surface area contributed by atoms with Crippen molar-refractivity contribution in [3.05, 3.63) is 63.2 Å². The van der Waals surface area contributed by atoms with E-state index in [9.17, 15) is 9.90 Å². The molecule has 0 aromatic heterocycles. The third kappa shape index (κ3) is 3.64. The van der Waals surface area contributed by atoms with E-state index in [4.69, 9.17) is 11.6 Å². The highest BCUT2D eigenvalue weighted by Gasteiger charge is 2.15. The Bertz CT molecular complexity index is 604. The lowest BCUT2D eigenvalue weighted by Gasteiger charge is -2.16. The van der Waals surface area contributed by atoms with Crippen molar-refractivity contribution in [1.29, 1.82) is 0 Å². The van der Waals surface area contributed by atoms with Crippen LogP contribution < -0.4 is 5.32 Å². The molecule has 0 saturated carbocycles. The molecule has 2 aromatic rings. The molecule has 0 heterocycles. The number of phenols is 1. The minimum atomic E-state index is -0.258. The molecular weight excluding hydrogens is 389 g/mol. The van der Waals surface area contributed by atoms with Gasteiger partial charge in [0.25, 0.3) is 5.91 Å². The predicted octanol–water partition coefficient (Wildman–Crippen LogP) is 3.71. The van der Waals surface area contributed by atoms with Gasteiger partial charge in [-0.3, -0.25) is 4.79 Å². The standard InChI is InChI=1S/C15H13ClINO2/c16-9-13(10-4-2-1-3-5-10)18-15(20)11-6-7-12(17)14(19)8-11/h1-8,13,19H,9H2,(H,18,20). The van der Waals surface area contributed by atoms with E-state index in [1.165, 1.54) is 6.07 Å². The van der Waals surface area contributed by atoms with Crippen molar-refractivity contribution >= 4 is 40.1 Å². The number of phenolic OH excluding ortho intramolecular Hbond substituents is 1. The molecule has 0 bridgehead atoms. The molecule has 0 aliphatic carbocycles. The highest BCUT2D eigenvalue weighted by atomic mass is 127. The van der Waals surface area contributed by atoms with Crippen LogP contribution in [0.1, 0.15) is 22.0 Å². The third-order valence-corrected chi connectivity index (χ3v) is 4.09. The molecule has 1 atom stereocenters. The molecule has 20 heavy (non-hydrogen) atoms. The summed E-state index contributed by atoms with van der Waals surface area (Å²) in [5.74, 6) is 0.123. The lowest BCUT2D eigenvalue weighted by atomic mass is 10.1. The first-order valence-electron chi connectivity index (χ1n) is 6.02. The van der Waals surface area contributed by atoms with Crippen LogP contribution in [0.15, 0.2) is 48.5 Å². The van der Waals surface area contributed by atoms with Crippen LogP contribution in [-0.2, 0) is 0 Å². The van der Waals surface area contributed by atoms with E-state index in [0.29, 0.717) is 9.13 Å². The van der Waals surface area contributed by atoms with E-state index in [2.05, 4.69) is 5.32 Å². The molecule has 3 nitrogen and oxygen atoms in total. The van der Waals surface area contributed by atoms with Gasteiger partial charge in [0.1, 0.15) is 5.75 Å². The summed E-state index contributed by atoms with van der Waals surface area (Å²) in [5, 5.41) is 12.5. The SMILES string of the molecule is O=C(NC(CCl)c1ccccc1)c1ccc(I)c(O)c1. The average Bonchev–Trinajstić information content (AvgIpc) is 2.48. The van der Waals surface area contributed by atoms with Gasteiger partial charge in [-0.25, -0.2) is 0 Å². The number of nitrogens with one attached hydrogen (secondary N) is 1. The lowest BCUT2D eigenvalue weighted by molar-refractivity contribution is 0.0940. The largest absolute Gasteiger partial charge is 0.507 e. The molecule has 2 aromatic carbocycles. The van der Waals surface area contributed by atoms with Crippen molar-refractivity contribution in [3.8, 4) is 5.75 Å². The number of alkyl halides is 1. The Balaban J connectivity index is 2.15. The summed E-state index contributed by atoms with van der Waals surface area (Å²) in [6.07, 6.45) is 0. The normalized spacial score (nSPS) is 11.9. The maximum Gasteiger partial charge on any atom is 0.251 e. The maximum absolute atomic E-state index is 12.2. The van der Waals surface area contributed by atoms with Gasteiger partial charge >= 0.3 is 0 Å². The number of benzene rings is 2. The summed E-state index contributed by atoms with van der Waals surface area (Å²) < 4.78 is 0.705. The molecule has 0 aliphatic heterocycles. The van der Waals surface area contributed by atoms with Crippen LogP contribution in [0.25, 0.3) is 0 Å². The number of hydrogen-bond acceptors (Lipinski definition) is 2. The number of hydrogen-bond donors (Lipinski definition) is 2. The third-order valence-electron chi connectivity index (χ3n) is 2.87. The van der Waals surface area contributed by atoms with E-state index >= 15 is 0 Å². The van der Waals surface area contributed by atoms with E-state index in [1.807, 2.05) is 52.9 Å². The van der Waals surface area contributed by atoms with Crippen LogP contribution in [0.3, 0.4) is 0 Å². The quantitative estimate of drug-likeness (QED) is 0.606. The maximum atomic E-state index is 12.2. The summed E-state index contributed by atoms with van der Waals surface area (Å²) in [5.41, 5.74) is 1.36. The van der Waals surface area contributed by atoms with Gasteiger partial charge in [-0.15, -0.1) is 11.6 Å². The lowest BCUT2D eigenvalue weighted by Crippen LogP contribution is -2.29. The number of halogens is 2. The summed E-state index contributed by atoms with van der Waals surface area (Å²) in [7, 11) is 0. The monoisotopic (exact) mass is 401 g/mol. The second-order valence-corrected chi connectivity index (χ2v) is 5.73. The van der Waals surface area contributed by atoms with Gasteiger partial charge in [-0.2, -0.15) is 0 Å². The Kier molecular flexibility index (Phi) is 5.25. The molecule has 0 radical (unpaired) electrons. The fraction of sp³-hybridized carbons (Fsp3) is 0.133. The van der Waals surface area contributed by atoms with Gasteiger partial charge in [0, 0.05) is 11.4 Å². The molecule has 1 unspecified atom stereocenters. The second-order valence-electron chi connectivity index (χ2n) is 4.26. The Morgan fingerprint density at radius 2 is 1.95 bits per heavy atom. The summed E-state index contributed by atoms with van der Waals surface area (Å²) in [6.45, 7) is 0. The molecule has 0 fully saturated rings. The molecule has 0 saturated heterocycles. The number of aromatic hydroxyl groups is 1. The summed E-state index contributed by atoms with van der Waals surface area (Å²) >= 11 is 7.93. The first-order valence-corrected chi connectivity index (χ1v) is 7.63. The van der Waals surface area contributed by atoms with E-state index < -0.39 is 0 Å². The molecule has 1 amide bonds. The molecule has 2 rings (SSSR count). The first kappa shape index (κ1) is 15.1. The van der Waals surface area contributed by atoms with Gasteiger partial charge in [0.2, 0.25) is 0 Å². The topological polar surface area (TPSA) is 49.3 Å². The Labute approximate surface area is 136 Å². The van der Waals surface area contributed by atoms with Crippen LogP contribution in [0.4, 0.5) is 0 Å². The molecule has 104 valence electrons. The molecule has 2 N–H and O–H groups in total. The second kappa shape index (κ2) is 6.95. The Hall–Kier alpha value is -1.27. The van der Waals surface area contributed by atoms with Crippen molar-refractivity contribution in [1.82, 2.24) is 5.32 Å². The van der Waals surface area contributed by atoms with E-state index in [1.54, 1.807) is 12.1 Å². The van der Waals surface area contributed by atoms with Crippen LogP contribution in [0, 0.1) is 3.57 Å². The fourth-order valence-electron chi connectivity index (χ4n) is 1.79. The molecule has 0 aliphatic rings. The number of carbonyl (C=O) groups is 1. The molecule has 0 spiro atoms. The summed E-state index contributed by atoms with van der Waals surface area (Å²) in [6, 6.07) is 14.1. The fourth-order valence-corrected chi connectivity index (χ4v) is 2.38. The summed E-state index contributed by atoms with van der Waals surface area (Å²) in [4.78, 5) is 12.2. The van der Waals surface area contributed by atoms with Gasteiger partial charge in [-0.05, 0) is 46.4 Å². The minimum Gasteiger partial charge on any atom is -0.507 e. The zero-order chi connectivity index (χ0) is 14.5. The highest BCUT2D eigenvalue weighted by Crippen LogP contribution is 2.21. The first-order chi connectivity index (χ1) is 9.61. The van der Waals surface area contributed by atoms with Crippen LogP contribution in [-0.4, -0.2) is 16.9 Å². The zero-order valence-corrected chi connectivity index (χ0v) is 13.4. The number of amides is 1. The van der Waals surface area contributed by atoms with Crippen molar-refractivity contribution in [2.24, 2.45) is 0 Å². The molecular formula is C15H13ClINO2. The van der Waals surface area contributed by atoms with Crippen molar-refractivity contribution < 1.29 is 9.90 Å². The molecule has 5 heteroatoms. The van der Waals surface area contributed by atoms with E-state index in [-0.39, 0.29) is 23.6 Å². The Morgan fingerprint density at radius 3 is 2.55 bits per heavy atom. The van der Waals surface area contributed by atoms with Crippen molar-refractivity contribution in [2.45, 2.75) is 6.04 Å².